The molecule has 348 valence electrons. The van der Waals surface area contributed by atoms with E-state index in [4.69, 9.17) is 24.2 Å². The summed E-state index contributed by atoms with van der Waals surface area (Å²) in [5.41, 5.74) is 2.75. The Labute approximate surface area is 378 Å². The third-order valence-corrected chi connectivity index (χ3v) is 13.0. The number of aldehydes is 1. The lowest BCUT2D eigenvalue weighted by Gasteiger charge is -2.60. The molecule has 2 N–H and O–H groups in total. The van der Waals surface area contributed by atoms with Crippen molar-refractivity contribution in [2.75, 3.05) is 26.4 Å². The third-order valence-electron chi connectivity index (χ3n) is 13.0. The van der Waals surface area contributed by atoms with Crippen LogP contribution in [0.5, 0.6) is 17.2 Å². The van der Waals surface area contributed by atoms with Crippen molar-refractivity contribution in [1.29, 1.82) is 0 Å². The second-order valence-corrected chi connectivity index (χ2v) is 18.9. The Morgan fingerprint density at radius 2 is 1.60 bits per heavy atom. The summed E-state index contributed by atoms with van der Waals surface area (Å²) in [4.78, 5) is 34.8. The number of unbranched alkanes of at least 4 members (excludes halogenated alkanes) is 10. The molecule has 10 nitrogen and oxygen atoms in total. The summed E-state index contributed by atoms with van der Waals surface area (Å²) in [5, 5.41) is 24.9. The molecule has 5 rings (SSSR count). The number of allylic oxidation sites excluding steroid dienone is 1. The zero-order valence-electron chi connectivity index (χ0n) is 39.2. The number of aliphatic hydroxyl groups is 2. The highest BCUT2D eigenvalue weighted by molar-refractivity contribution is 6.03. The van der Waals surface area contributed by atoms with Crippen LogP contribution in [-0.2, 0) is 14.4 Å². The summed E-state index contributed by atoms with van der Waals surface area (Å²) in [6.07, 6.45) is 21.9. The van der Waals surface area contributed by atoms with E-state index in [9.17, 15) is 19.8 Å². The van der Waals surface area contributed by atoms with Crippen molar-refractivity contribution >= 4 is 17.9 Å². The van der Waals surface area contributed by atoms with Gasteiger partial charge in [-0.05, 0) is 107 Å². The Bertz CT molecular complexity index is 1820. The molecule has 0 bridgehead atoms. The number of ether oxygens (including phenoxy) is 3. The molecule has 1 amide bonds. The average Bonchev–Trinajstić information content (AvgIpc) is 3.27. The lowest BCUT2D eigenvalue weighted by molar-refractivity contribution is -0.257. The van der Waals surface area contributed by atoms with Crippen LogP contribution in [0, 0.1) is 17.8 Å². The number of hydrogen-bond donors (Lipinski definition) is 2. The molecule has 1 aliphatic heterocycles. The third kappa shape index (κ3) is 13.3. The molecule has 0 aromatic heterocycles. The first kappa shape index (κ1) is 50.0. The molecule has 2 aliphatic carbocycles. The number of hydrogen-bond acceptors (Lipinski definition) is 9. The van der Waals surface area contributed by atoms with Crippen molar-refractivity contribution in [2.24, 2.45) is 22.9 Å². The maximum Gasteiger partial charge on any atom is 0.239 e. The number of fused-ring (bicyclic) bond motifs is 2. The Kier molecular flexibility index (Phi) is 19.8. The average molecular weight is 871 g/mol. The Hall–Kier alpha value is -3.99. The largest absolute Gasteiger partial charge is 0.459 e. The highest BCUT2D eigenvalue weighted by atomic mass is 16.7. The minimum absolute atomic E-state index is 0.0906. The van der Waals surface area contributed by atoms with E-state index < -0.39 is 23.3 Å². The molecule has 0 spiro atoms. The molecule has 1 saturated carbocycles. The van der Waals surface area contributed by atoms with E-state index in [-0.39, 0.29) is 43.5 Å². The van der Waals surface area contributed by atoms with E-state index in [0.717, 1.165) is 74.5 Å². The van der Waals surface area contributed by atoms with E-state index in [0.29, 0.717) is 55.0 Å². The number of carbonyl (C=O) groups is 2. The molecule has 0 saturated heterocycles. The standard InChI is InChI=1S/C53H78N2O8/c1-7-10-11-12-13-14-15-16-17-27-49(59)55(30-8-2)48-37-46(54-63-52(4,5)6)44-35-40(24-18-20-31-56)43(26-19-21-32-57)50-45-36-42(61-41-25-22-23-39(34-41)38-58)28-29-47(45)62-53(48,51(44)50)60-33-9-3/h9,22-23,25,28-29,34-36,38,40,43,48,50-51,56-57H,3,7-8,10-21,24,26-27,30-33,37H2,1-2,4-6H3/t40-,43+,48-,50+,51+,53+/m0/s1. The van der Waals surface area contributed by atoms with Gasteiger partial charge in [0.15, 0.2) is 0 Å². The van der Waals surface area contributed by atoms with Crippen LogP contribution in [0.4, 0.5) is 0 Å². The van der Waals surface area contributed by atoms with Crippen molar-refractivity contribution in [1.82, 2.24) is 4.90 Å². The zero-order chi connectivity index (χ0) is 45.2. The minimum atomic E-state index is -1.30. The fourth-order valence-electron chi connectivity index (χ4n) is 10.1. The Morgan fingerprint density at radius 1 is 0.905 bits per heavy atom. The summed E-state index contributed by atoms with van der Waals surface area (Å²) in [6.45, 7) is 15.4. The van der Waals surface area contributed by atoms with E-state index in [1.807, 2.05) is 43.9 Å². The van der Waals surface area contributed by atoms with Crippen LogP contribution in [-0.4, -0.2) is 76.8 Å². The highest BCUT2D eigenvalue weighted by Gasteiger charge is 2.65. The number of carbonyl (C=O) groups excluding carboxylic acids is 2. The van der Waals surface area contributed by atoms with Gasteiger partial charge in [0.2, 0.25) is 11.7 Å². The first-order valence-electron chi connectivity index (χ1n) is 24.3. The Morgan fingerprint density at radius 3 is 2.27 bits per heavy atom. The van der Waals surface area contributed by atoms with E-state index >= 15 is 0 Å². The Balaban J connectivity index is 1.66. The molecular formula is C53H78N2O8. The van der Waals surface area contributed by atoms with Crippen molar-refractivity contribution in [3.05, 3.63) is 77.9 Å². The van der Waals surface area contributed by atoms with Crippen LogP contribution in [0.25, 0.3) is 0 Å². The molecule has 63 heavy (non-hydrogen) atoms. The molecule has 0 radical (unpaired) electrons. The molecule has 1 fully saturated rings. The quantitative estimate of drug-likeness (QED) is 0.0375. The van der Waals surface area contributed by atoms with E-state index in [2.05, 4.69) is 32.6 Å². The van der Waals surface area contributed by atoms with Gasteiger partial charge >= 0.3 is 0 Å². The summed E-state index contributed by atoms with van der Waals surface area (Å²) >= 11 is 0. The molecule has 1 heterocycles. The number of amides is 1. The lowest BCUT2D eigenvalue weighted by Crippen LogP contribution is -2.70. The normalized spacial score (nSPS) is 23.3. The second-order valence-electron chi connectivity index (χ2n) is 18.9. The monoisotopic (exact) mass is 871 g/mol. The maximum absolute atomic E-state index is 14.8. The number of oxime groups is 1. The predicted octanol–water partition coefficient (Wildman–Crippen LogP) is 11.9. The zero-order valence-corrected chi connectivity index (χ0v) is 39.2. The molecule has 6 atom stereocenters. The van der Waals surface area contributed by atoms with Gasteiger partial charge in [-0.15, -0.1) is 6.58 Å². The van der Waals surface area contributed by atoms with Crippen LogP contribution in [0.3, 0.4) is 0 Å². The summed E-state index contributed by atoms with van der Waals surface area (Å²) in [7, 11) is 0. The van der Waals surface area contributed by atoms with Gasteiger partial charge in [0.05, 0.1) is 18.2 Å². The van der Waals surface area contributed by atoms with E-state index in [1.165, 1.54) is 38.5 Å². The van der Waals surface area contributed by atoms with Gasteiger partial charge in [0, 0.05) is 49.6 Å². The molecule has 10 heteroatoms. The number of nitrogens with zero attached hydrogens (tertiary/aromatic N) is 2. The van der Waals surface area contributed by atoms with Crippen molar-refractivity contribution < 1.29 is 38.9 Å². The van der Waals surface area contributed by atoms with Gasteiger partial charge in [0.1, 0.15) is 35.2 Å². The summed E-state index contributed by atoms with van der Waals surface area (Å²) in [5.74, 6) is 0.282. The predicted molar refractivity (Wildman–Crippen MR) is 252 cm³/mol. The molecule has 2 aromatic carbocycles. The highest BCUT2D eigenvalue weighted by Crippen LogP contribution is 2.62. The first-order chi connectivity index (χ1) is 30.5. The second kappa shape index (κ2) is 24.9. The molecular weight excluding hydrogens is 793 g/mol. The summed E-state index contributed by atoms with van der Waals surface area (Å²) < 4.78 is 21.0. The van der Waals surface area contributed by atoms with Gasteiger partial charge in [-0.3, -0.25) is 9.59 Å². The van der Waals surface area contributed by atoms with Gasteiger partial charge in [-0.25, -0.2) is 0 Å². The van der Waals surface area contributed by atoms with E-state index in [1.54, 1.807) is 24.3 Å². The number of aliphatic hydroxyl groups excluding tert-OH is 2. The molecule has 0 unspecified atom stereocenters. The fourth-order valence-corrected chi connectivity index (χ4v) is 10.1. The van der Waals surface area contributed by atoms with Gasteiger partial charge in [-0.2, -0.15) is 0 Å². The van der Waals surface area contributed by atoms with Gasteiger partial charge < -0.3 is 34.2 Å². The van der Waals surface area contributed by atoms with Crippen LogP contribution >= 0.6 is 0 Å². The van der Waals surface area contributed by atoms with Crippen LogP contribution < -0.4 is 9.47 Å². The SMILES string of the molecule is C=CCO[C@@]12Oc3ccc(Oc4cccc(C=O)c4)cc3[C@H]3[C@H](CCCCO)[C@@H](CCCCO)C=C(C(=NOC(C)(C)C)C[C@@H]1N(CCC)C(=O)CCCCCCCCCCC)[C@H]32. The fraction of sp³-hybridized carbons (Fsp3) is 0.642. The summed E-state index contributed by atoms with van der Waals surface area (Å²) in [6, 6.07) is 12.5. The van der Waals surface area contributed by atoms with Crippen LogP contribution in [0.2, 0.25) is 0 Å². The molecule has 3 aliphatic rings. The maximum atomic E-state index is 14.8. The topological polar surface area (TPSA) is 127 Å². The van der Waals surface area contributed by atoms with Crippen molar-refractivity contribution in [3.63, 3.8) is 0 Å². The molecule has 2 aromatic rings. The lowest BCUT2D eigenvalue weighted by atomic mass is 9.55. The number of rotatable bonds is 28. The van der Waals surface area contributed by atoms with Gasteiger partial charge in [-0.1, -0.05) is 107 Å². The van der Waals surface area contributed by atoms with Crippen molar-refractivity contribution in [3.8, 4) is 17.2 Å². The van der Waals surface area contributed by atoms with Gasteiger partial charge in [0.25, 0.3) is 0 Å². The van der Waals surface area contributed by atoms with Crippen molar-refractivity contribution in [2.45, 2.75) is 174 Å². The smallest absolute Gasteiger partial charge is 0.239 e. The van der Waals surface area contributed by atoms with Crippen LogP contribution in [0.1, 0.15) is 172 Å². The minimum Gasteiger partial charge on any atom is -0.459 e. The van der Waals surface area contributed by atoms with Crippen LogP contribution in [0.15, 0.2) is 71.9 Å². The number of benzene rings is 2. The first-order valence-corrected chi connectivity index (χ1v) is 24.3.